The van der Waals surface area contributed by atoms with Gasteiger partial charge in [0, 0.05) is 0 Å². The molecule has 0 unspecified atom stereocenters. The third-order valence-electron chi connectivity index (χ3n) is 3.79. The van der Waals surface area contributed by atoms with Crippen LogP contribution in [0.5, 0.6) is 0 Å². The number of carbonyl (C=O) groups excluding carboxylic acids is 1. The Bertz CT molecular complexity index is 858. The molecule has 0 aliphatic carbocycles. The van der Waals surface area contributed by atoms with E-state index in [1.807, 2.05) is 0 Å². The summed E-state index contributed by atoms with van der Waals surface area (Å²) >= 11 is 0. The van der Waals surface area contributed by atoms with Crippen molar-refractivity contribution in [2.24, 2.45) is 0 Å². The van der Waals surface area contributed by atoms with Crippen molar-refractivity contribution in [3.05, 3.63) is 22.8 Å². The van der Waals surface area contributed by atoms with Gasteiger partial charge in [0.05, 0.1) is 21.3 Å². The number of carbonyl (C=O) groups is 1. The van der Waals surface area contributed by atoms with Crippen molar-refractivity contribution in [3.63, 3.8) is 0 Å². The number of rotatable bonds is 6. The van der Waals surface area contributed by atoms with E-state index < -0.39 is 69.1 Å². The molecule has 1 aromatic carbocycles. The maximum Gasteiger partial charge on any atom is 0.438 e. The van der Waals surface area contributed by atoms with Crippen molar-refractivity contribution in [3.8, 4) is 0 Å². The Morgan fingerprint density at radius 2 is 1.34 bits per heavy atom. The van der Waals surface area contributed by atoms with Gasteiger partial charge in [-0.1, -0.05) is 29.6 Å². The van der Waals surface area contributed by atoms with Crippen molar-refractivity contribution < 1.29 is 48.8 Å². The number of halogens is 6. The molecule has 0 aromatic heterocycles. The molecule has 8 radical (unpaired) electrons. The van der Waals surface area contributed by atoms with Crippen LogP contribution in [0.3, 0.4) is 0 Å². The van der Waals surface area contributed by atoms with E-state index in [0.717, 1.165) is 6.07 Å². The summed E-state index contributed by atoms with van der Waals surface area (Å²) in [6.07, 6.45) is -14.2. The number of hydrogen-bond donors (Lipinski definition) is 1. The molecule has 16 heteroatoms. The first-order valence-corrected chi connectivity index (χ1v) is 8.94. The summed E-state index contributed by atoms with van der Waals surface area (Å²) in [6, 6.07) is 1.03. The summed E-state index contributed by atoms with van der Waals surface area (Å²) in [4.78, 5) is 12.4. The Hall–Kier alpha value is -1.56. The molecule has 0 bridgehead atoms. The first-order chi connectivity index (χ1) is 12.9. The molecular weight excluding hydrogens is 425 g/mol. The van der Waals surface area contributed by atoms with Gasteiger partial charge in [0.2, 0.25) is 0 Å². The minimum absolute atomic E-state index is 0.353. The molecule has 1 N–H and O–H groups in total. The van der Waals surface area contributed by atoms with Gasteiger partial charge in [0.25, 0.3) is 10.1 Å². The zero-order valence-corrected chi connectivity index (χ0v) is 15.1. The predicted molar refractivity (Wildman–Crippen MR) is 92.8 cm³/mol. The monoisotopic (exact) mass is 434 g/mol. The van der Waals surface area contributed by atoms with Crippen LogP contribution >= 0.6 is 0 Å². The summed E-state index contributed by atoms with van der Waals surface area (Å²) in [5.41, 5.74) is -8.12. The van der Waals surface area contributed by atoms with Crippen molar-refractivity contribution in [1.29, 1.82) is 0 Å². The third kappa shape index (κ3) is 5.14. The number of esters is 1. The highest BCUT2D eigenvalue weighted by atomic mass is 32.2. The standard InChI is InChI=1S/C13H8B4F6O5S/c14-2-5-7(16)1-8(17)6(3-15)9(5)10(24)28-11(12(18,19)20,13(21,22)23)4-29(25,26)27/h1H,2-4H2,(H,25,26,27). The zero-order chi connectivity index (χ0) is 23.0. The molecule has 150 valence electrons. The molecule has 0 heterocycles. The highest BCUT2D eigenvalue weighted by molar-refractivity contribution is 7.85. The number of hydrogen-bond acceptors (Lipinski definition) is 4. The molecule has 29 heavy (non-hydrogen) atoms. The minimum atomic E-state index is -6.49. The summed E-state index contributed by atoms with van der Waals surface area (Å²) in [7, 11) is 15.8. The third-order valence-corrected chi connectivity index (χ3v) is 4.56. The molecule has 0 amide bonds. The molecule has 1 rings (SSSR count). The van der Waals surface area contributed by atoms with Gasteiger partial charge in [0.1, 0.15) is 21.4 Å². The lowest BCUT2D eigenvalue weighted by atomic mass is 9.72. The summed E-state index contributed by atoms with van der Waals surface area (Å²) in [6.45, 7) is 0. The lowest BCUT2D eigenvalue weighted by molar-refractivity contribution is -0.356. The van der Waals surface area contributed by atoms with Crippen LogP contribution in [-0.4, -0.2) is 74.0 Å². The second-order valence-electron chi connectivity index (χ2n) is 5.73. The molecular formula is C13H8B4F6O5S. The number of alkyl halides is 6. The van der Waals surface area contributed by atoms with Gasteiger partial charge >= 0.3 is 23.9 Å². The zero-order valence-electron chi connectivity index (χ0n) is 14.3. The van der Waals surface area contributed by atoms with Gasteiger partial charge in [-0.05, 0) is 11.1 Å². The molecule has 0 fully saturated rings. The largest absolute Gasteiger partial charge is 0.438 e. The Morgan fingerprint density at radius 1 is 0.966 bits per heavy atom. The van der Waals surface area contributed by atoms with Crippen molar-refractivity contribution >= 4 is 58.4 Å². The minimum Gasteiger partial charge on any atom is -0.435 e. The second-order valence-corrected chi connectivity index (χ2v) is 7.19. The molecule has 0 aliphatic rings. The van der Waals surface area contributed by atoms with E-state index >= 15 is 0 Å². The quantitative estimate of drug-likeness (QED) is 0.284. The molecule has 0 saturated heterocycles. The van der Waals surface area contributed by atoms with Crippen LogP contribution in [0.1, 0.15) is 21.5 Å². The maximum atomic E-state index is 13.3. The van der Waals surface area contributed by atoms with Crippen LogP contribution in [0.4, 0.5) is 26.3 Å². The van der Waals surface area contributed by atoms with Gasteiger partial charge in [-0.15, -0.1) is 0 Å². The first-order valence-electron chi connectivity index (χ1n) is 7.33. The number of benzene rings is 1. The molecule has 1 aromatic rings. The fraction of sp³-hybridized carbons (Fsp3) is 0.462. The fourth-order valence-corrected chi connectivity index (χ4v) is 3.33. The van der Waals surface area contributed by atoms with Crippen LogP contribution in [0.15, 0.2) is 6.07 Å². The van der Waals surface area contributed by atoms with Crippen LogP contribution in [0, 0.1) is 0 Å². The van der Waals surface area contributed by atoms with Crippen LogP contribution in [0.25, 0.3) is 0 Å². The molecule has 0 spiro atoms. The topological polar surface area (TPSA) is 80.7 Å². The highest BCUT2D eigenvalue weighted by Crippen LogP contribution is 2.47. The Morgan fingerprint density at radius 3 is 1.62 bits per heavy atom. The van der Waals surface area contributed by atoms with Crippen LogP contribution in [-0.2, 0) is 27.5 Å². The summed E-state index contributed by atoms with van der Waals surface area (Å²) < 4.78 is 114. The van der Waals surface area contributed by atoms with E-state index in [-0.39, 0.29) is 10.9 Å². The smallest absolute Gasteiger partial charge is 0.435 e. The summed E-state index contributed by atoms with van der Waals surface area (Å²) in [5.74, 6) is -5.32. The lowest BCUT2D eigenvalue weighted by Crippen LogP contribution is -2.63. The number of ether oxygens (including phenoxy) is 1. The van der Waals surface area contributed by atoms with Gasteiger partial charge in [-0.3, -0.25) is 4.55 Å². The van der Waals surface area contributed by atoms with E-state index in [2.05, 4.69) is 4.74 Å². The Labute approximate surface area is 166 Å². The average Bonchev–Trinajstić information content (AvgIpc) is 2.49. The molecule has 5 nitrogen and oxygen atoms in total. The normalized spacial score (nSPS) is 13.3. The van der Waals surface area contributed by atoms with E-state index in [1.54, 1.807) is 0 Å². The Kier molecular flexibility index (Phi) is 7.28. The second kappa shape index (κ2) is 8.29. The van der Waals surface area contributed by atoms with Crippen molar-refractivity contribution in [1.82, 2.24) is 0 Å². The van der Waals surface area contributed by atoms with Crippen LogP contribution in [0.2, 0.25) is 0 Å². The van der Waals surface area contributed by atoms with Gasteiger partial charge in [-0.2, -0.15) is 34.8 Å². The maximum absolute atomic E-state index is 13.3. The van der Waals surface area contributed by atoms with E-state index in [1.165, 1.54) is 0 Å². The fourth-order valence-electron chi connectivity index (χ4n) is 2.43. The lowest BCUT2D eigenvalue weighted by Gasteiger charge is -2.36. The van der Waals surface area contributed by atoms with E-state index in [9.17, 15) is 39.6 Å². The SMILES string of the molecule is [B]Cc1c([B])cc([B])c(C[B])c1C(=O)OC(CS(=O)(=O)O)(C(F)(F)F)C(F)(F)F. The predicted octanol–water partition coefficient (Wildman–Crippen LogP) is -0.481. The van der Waals surface area contributed by atoms with Crippen molar-refractivity contribution in [2.45, 2.75) is 30.6 Å². The molecule has 0 atom stereocenters. The summed E-state index contributed by atoms with van der Waals surface area (Å²) in [5, 5.41) is 0. The van der Waals surface area contributed by atoms with Crippen LogP contribution < -0.4 is 10.9 Å². The molecule has 0 aliphatic heterocycles. The van der Waals surface area contributed by atoms with Gasteiger partial charge in [0.15, 0.2) is 0 Å². The average molecular weight is 434 g/mol. The van der Waals surface area contributed by atoms with E-state index in [0.29, 0.717) is 0 Å². The molecule has 0 saturated carbocycles. The van der Waals surface area contributed by atoms with Gasteiger partial charge < -0.3 is 4.74 Å². The van der Waals surface area contributed by atoms with Crippen molar-refractivity contribution in [2.75, 3.05) is 5.75 Å². The van der Waals surface area contributed by atoms with E-state index in [4.69, 9.17) is 35.9 Å². The Balaban J connectivity index is 3.79. The first kappa shape index (κ1) is 25.5. The van der Waals surface area contributed by atoms with Gasteiger partial charge in [-0.25, -0.2) is 4.79 Å². The highest BCUT2D eigenvalue weighted by Gasteiger charge is 2.76.